The van der Waals surface area contributed by atoms with E-state index >= 15 is 0 Å². The number of aliphatic hydroxyl groups is 3. The number of unbranched alkanes of at least 4 members (excludes halogenated alkanes) is 20. The van der Waals surface area contributed by atoms with Crippen LogP contribution in [0.4, 0.5) is 0 Å². The van der Waals surface area contributed by atoms with E-state index in [4.69, 9.17) is 24.0 Å². The number of carbonyl (C=O) groups excluding carboxylic acids is 2. The molecule has 1 aliphatic heterocycles. The Morgan fingerprint density at radius 3 is 1.80 bits per heavy atom. The Kier molecular flexibility index (Phi) is 35.2. The fourth-order valence-electron chi connectivity index (χ4n) is 7.29. The maximum atomic E-state index is 12.5. The van der Waals surface area contributed by atoms with Gasteiger partial charge in [-0.15, -0.1) is 0 Å². The van der Waals surface area contributed by atoms with Gasteiger partial charge in [0, 0.05) is 25.2 Å². The average Bonchev–Trinajstić information content (AvgIpc) is 3.20. The molecule has 6 atom stereocenters. The summed E-state index contributed by atoms with van der Waals surface area (Å²) in [5.41, 5.74) is 0. The third-order valence-corrected chi connectivity index (χ3v) is 11.4. The molecule has 0 radical (unpaired) electrons. The average molecular weight is 873 g/mol. The highest BCUT2D eigenvalue weighted by Gasteiger charge is 2.35. The first kappa shape index (κ1) is 56.1. The molecule has 1 saturated heterocycles. The summed E-state index contributed by atoms with van der Waals surface area (Å²) in [6.07, 6.45) is 36.3. The first-order valence-corrected chi connectivity index (χ1v) is 25.2. The molecular weight excluding hydrogens is 787 g/mol. The number of ether oxygens (including phenoxy) is 3. The summed E-state index contributed by atoms with van der Waals surface area (Å²) >= 11 is 0. The lowest BCUT2D eigenvalue weighted by atomic mass is 9.87. The SMILES string of the molecule is CCCCCCCC/C=C\CCCCCCCCCCCCCC(=O)O[C@H](COC(=O)CCC/C=C\C[C@H]1[C@@H](O)CC(O)O[C@@H]1/C=C/[C@@H](O)CCCCC)COP(=O)(O)O. The van der Waals surface area contributed by atoms with Gasteiger partial charge in [-0.2, -0.15) is 0 Å². The topological polar surface area (TPSA) is 189 Å². The van der Waals surface area contributed by atoms with E-state index in [1.165, 1.54) is 96.3 Å². The van der Waals surface area contributed by atoms with E-state index in [9.17, 15) is 29.5 Å². The van der Waals surface area contributed by atoms with Crippen LogP contribution in [0, 0.1) is 5.92 Å². The molecule has 0 aliphatic carbocycles. The lowest BCUT2D eigenvalue weighted by molar-refractivity contribution is -0.199. The van der Waals surface area contributed by atoms with E-state index in [1.54, 1.807) is 12.2 Å². The first-order valence-electron chi connectivity index (χ1n) is 23.7. The number of esters is 2. The van der Waals surface area contributed by atoms with Gasteiger partial charge in [-0.1, -0.05) is 159 Å². The van der Waals surface area contributed by atoms with Crippen molar-refractivity contribution in [3.05, 3.63) is 36.5 Å². The van der Waals surface area contributed by atoms with Crippen molar-refractivity contribution >= 4 is 19.8 Å². The highest BCUT2D eigenvalue weighted by molar-refractivity contribution is 7.46. The largest absolute Gasteiger partial charge is 0.469 e. The normalized spacial score (nSPS) is 19.7. The predicted octanol–water partition coefficient (Wildman–Crippen LogP) is 10.6. The number of phosphoric ester groups is 1. The summed E-state index contributed by atoms with van der Waals surface area (Å²) < 4.78 is 32.1. The summed E-state index contributed by atoms with van der Waals surface area (Å²) in [7, 11) is -4.83. The molecule has 0 saturated carbocycles. The summed E-state index contributed by atoms with van der Waals surface area (Å²) in [5.74, 6) is -1.39. The van der Waals surface area contributed by atoms with Crippen molar-refractivity contribution in [1.82, 2.24) is 0 Å². The van der Waals surface area contributed by atoms with Crippen molar-refractivity contribution in [2.45, 2.75) is 231 Å². The van der Waals surface area contributed by atoms with Gasteiger partial charge in [0.2, 0.25) is 0 Å². The second-order valence-electron chi connectivity index (χ2n) is 16.6. The standard InChI is InChI=1S/C47H85O12P/c1-3-5-7-8-9-10-11-12-13-14-15-16-17-18-19-20-21-22-23-24-30-34-46(51)58-41(39-57-60(53,54)55)38-56-45(50)33-29-26-25-28-32-42-43(49)37-47(52)59-44(42)36-35-40(48)31-27-6-4-2/h12-13,25,28,35-36,40-44,47-49,52H,3-11,14-24,26-27,29-34,37-39H2,1-2H3,(H2,53,54,55)/b13-12-,28-25-,36-35+/t40-,41+,42-,43-,44+,47?/m0/s1. The van der Waals surface area contributed by atoms with Gasteiger partial charge in [0.25, 0.3) is 0 Å². The van der Waals surface area contributed by atoms with Crippen molar-refractivity contribution in [3.8, 4) is 0 Å². The van der Waals surface area contributed by atoms with Crippen molar-refractivity contribution in [2.75, 3.05) is 13.2 Å². The van der Waals surface area contributed by atoms with E-state index in [1.807, 2.05) is 12.2 Å². The van der Waals surface area contributed by atoms with Crippen LogP contribution in [0.25, 0.3) is 0 Å². The molecule has 1 heterocycles. The number of allylic oxidation sites excluding steroid dienone is 4. The second-order valence-corrected chi connectivity index (χ2v) is 17.8. The summed E-state index contributed by atoms with van der Waals surface area (Å²) in [4.78, 5) is 43.2. The summed E-state index contributed by atoms with van der Waals surface area (Å²) in [6.45, 7) is 3.36. The third kappa shape index (κ3) is 33.7. The summed E-state index contributed by atoms with van der Waals surface area (Å²) in [6, 6.07) is 0. The molecular formula is C47H85O12P. The minimum Gasteiger partial charge on any atom is -0.462 e. The minimum absolute atomic E-state index is 0.0737. The fraction of sp³-hybridized carbons (Fsp3) is 0.830. The van der Waals surface area contributed by atoms with Crippen LogP contribution in [0.15, 0.2) is 36.5 Å². The molecule has 0 aromatic rings. The fourth-order valence-corrected chi connectivity index (χ4v) is 7.65. The zero-order valence-corrected chi connectivity index (χ0v) is 38.3. The Bertz CT molecular complexity index is 1190. The highest BCUT2D eigenvalue weighted by Crippen LogP contribution is 2.36. The van der Waals surface area contributed by atoms with Gasteiger partial charge >= 0.3 is 19.8 Å². The van der Waals surface area contributed by atoms with Crippen molar-refractivity contribution in [2.24, 2.45) is 5.92 Å². The van der Waals surface area contributed by atoms with Gasteiger partial charge in [-0.25, -0.2) is 4.57 Å². The van der Waals surface area contributed by atoms with Gasteiger partial charge in [0.05, 0.1) is 24.9 Å². The molecule has 13 heteroatoms. The molecule has 0 aromatic heterocycles. The van der Waals surface area contributed by atoms with Crippen molar-refractivity contribution < 1.29 is 58.0 Å². The van der Waals surface area contributed by atoms with Crippen LogP contribution in [0.3, 0.4) is 0 Å². The molecule has 1 rings (SSSR count). The van der Waals surface area contributed by atoms with Crippen LogP contribution < -0.4 is 0 Å². The third-order valence-electron chi connectivity index (χ3n) is 10.9. The Hall–Kier alpha value is -1.89. The summed E-state index contributed by atoms with van der Waals surface area (Å²) in [5, 5.41) is 30.9. The number of phosphoric acid groups is 1. The molecule has 60 heavy (non-hydrogen) atoms. The van der Waals surface area contributed by atoms with Crippen LogP contribution in [-0.4, -0.2) is 81.0 Å². The zero-order valence-electron chi connectivity index (χ0n) is 37.4. The van der Waals surface area contributed by atoms with E-state index < -0.39 is 57.1 Å². The van der Waals surface area contributed by atoms with Gasteiger partial charge in [0.1, 0.15) is 6.61 Å². The molecule has 350 valence electrons. The van der Waals surface area contributed by atoms with E-state index in [-0.39, 0.29) is 31.8 Å². The van der Waals surface area contributed by atoms with E-state index in [0.29, 0.717) is 32.1 Å². The number of hydrogen-bond acceptors (Lipinski definition) is 10. The van der Waals surface area contributed by atoms with Gasteiger partial charge < -0.3 is 39.3 Å². The van der Waals surface area contributed by atoms with E-state index in [0.717, 1.165) is 38.5 Å². The molecule has 1 unspecified atom stereocenters. The molecule has 0 aromatic carbocycles. The second kappa shape index (κ2) is 37.6. The van der Waals surface area contributed by atoms with Gasteiger partial charge in [-0.05, 0) is 57.8 Å². The lowest BCUT2D eigenvalue weighted by Gasteiger charge is -2.36. The highest BCUT2D eigenvalue weighted by atomic mass is 31.2. The Morgan fingerprint density at radius 2 is 1.20 bits per heavy atom. The quantitative estimate of drug-likeness (QED) is 0.0170. The van der Waals surface area contributed by atoms with Gasteiger partial charge in [-0.3, -0.25) is 14.1 Å². The van der Waals surface area contributed by atoms with E-state index in [2.05, 4.69) is 30.5 Å². The zero-order chi connectivity index (χ0) is 44.1. The van der Waals surface area contributed by atoms with Crippen LogP contribution in [0.2, 0.25) is 0 Å². The van der Waals surface area contributed by atoms with Gasteiger partial charge in [0.15, 0.2) is 12.4 Å². The number of rotatable bonds is 39. The Balaban J connectivity index is 2.23. The predicted molar refractivity (Wildman–Crippen MR) is 238 cm³/mol. The number of hydrogen-bond donors (Lipinski definition) is 5. The molecule has 0 amide bonds. The van der Waals surface area contributed by atoms with Crippen LogP contribution >= 0.6 is 7.82 Å². The van der Waals surface area contributed by atoms with Crippen LogP contribution in [0.5, 0.6) is 0 Å². The monoisotopic (exact) mass is 873 g/mol. The molecule has 12 nitrogen and oxygen atoms in total. The molecule has 0 spiro atoms. The first-order chi connectivity index (χ1) is 28.9. The smallest absolute Gasteiger partial charge is 0.462 e. The molecule has 1 aliphatic rings. The van der Waals surface area contributed by atoms with Crippen molar-refractivity contribution in [1.29, 1.82) is 0 Å². The minimum atomic E-state index is -4.83. The van der Waals surface area contributed by atoms with Crippen molar-refractivity contribution in [3.63, 3.8) is 0 Å². The number of aliphatic hydroxyl groups excluding tert-OH is 3. The maximum absolute atomic E-state index is 12.5. The van der Waals surface area contributed by atoms with Crippen LogP contribution in [-0.2, 0) is 32.9 Å². The van der Waals surface area contributed by atoms with Crippen LogP contribution in [0.1, 0.15) is 200 Å². The maximum Gasteiger partial charge on any atom is 0.469 e. The molecule has 5 N–H and O–H groups in total. The number of carbonyl (C=O) groups is 2. The molecule has 0 bridgehead atoms. The Morgan fingerprint density at radius 1 is 0.683 bits per heavy atom. The lowest BCUT2D eigenvalue weighted by Crippen LogP contribution is -2.43. The molecule has 1 fully saturated rings. The Labute approximate surface area is 363 Å².